The van der Waals surface area contributed by atoms with Gasteiger partial charge in [-0.15, -0.1) is 0 Å². The van der Waals surface area contributed by atoms with Gasteiger partial charge in [-0.3, -0.25) is 0 Å². The van der Waals surface area contributed by atoms with E-state index in [-0.39, 0.29) is 0 Å². The summed E-state index contributed by atoms with van der Waals surface area (Å²) >= 11 is 0. The van der Waals surface area contributed by atoms with E-state index in [2.05, 4.69) is 0 Å². The standard InChI is InChI=1S/C13H22O/c1(2-4-13-9-14-13)3-11-7-10-5-6-12(11)8-10/h10-13H,1-9H2. The molecule has 2 saturated carbocycles. The van der Waals surface area contributed by atoms with Crippen molar-refractivity contribution in [3.63, 3.8) is 0 Å². The number of epoxide rings is 1. The van der Waals surface area contributed by atoms with Crippen LogP contribution in [0.25, 0.3) is 0 Å². The van der Waals surface area contributed by atoms with Gasteiger partial charge in [0.05, 0.1) is 12.7 Å². The van der Waals surface area contributed by atoms with E-state index in [1.807, 2.05) is 0 Å². The van der Waals surface area contributed by atoms with Crippen molar-refractivity contribution >= 4 is 0 Å². The lowest BCUT2D eigenvalue weighted by Crippen LogP contribution is -2.10. The van der Waals surface area contributed by atoms with Crippen LogP contribution in [0.1, 0.15) is 51.4 Å². The van der Waals surface area contributed by atoms with Gasteiger partial charge in [0.25, 0.3) is 0 Å². The van der Waals surface area contributed by atoms with Crippen LogP contribution >= 0.6 is 0 Å². The van der Waals surface area contributed by atoms with Crippen LogP contribution in [0.3, 0.4) is 0 Å². The van der Waals surface area contributed by atoms with Gasteiger partial charge in [0, 0.05) is 0 Å². The molecule has 0 aromatic carbocycles. The van der Waals surface area contributed by atoms with Crippen LogP contribution in [0.5, 0.6) is 0 Å². The Morgan fingerprint density at radius 2 is 1.86 bits per heavy atom. The first-order valence-corrected chi connectivity index (χ1v) is 6.53. The second kappa shape index (κ2) is 3.84. The normalized spacial score (nSPS) is 44.6. The largest absolute Gasteiger partial charge is 0.373 e. The molecule has 3 aliphatic rings. The number of rotatable bonds is 5. The second-order valence-corrected chi connectivity index (χ2v) is 5.67. The molecule has 0 amide bonds. The van der Waals surface area contributed by atoms with Crippen molar-refractivity contribution in [3.05, 3.63) is 0 Å². The molecular weight excluding hydrogens is 172 g/mol. The highest BCUT2D eigenvalue weighted by Crippen LogP contribution is 2.50. The first kappa shape index (κ1) is 9.21. The molecule has 1 aliphatic heterocycles. The van der Waals surface area contributed by atoms with Crippen molar-refractivity contribution in [3.8, 4) is 0 Å². The number of ether oxygens (including phenoxy) is 1. The minimum absolute atomic E-state index is 0.662. The summed E-state index contributed by atoms with van der Waals surface area (Å²) in [7, 11) is 0. The van der Waals surface area contributed by atoms with E-state index in [9.17, 15) is 0 Å². The van der Waals surface area contributed by atoms with Crippen molar-refractivity contribution in [1.82, 2.24) is 0 Å². The molecule has 80 valence electrons. The van der Waals surface area contributed by atoms with E-state index < -0.39 is 0 Å². The molecule has 4 atom stereocenters. The van der Waals surface area contributed by atoms with Crippen molar-refractivity contribution in [2.24, 2.45) is 17.8 Å². The topological polar surface area (TPSA) is 12.5 Å². The van der Waals surface area contributed by atoms with Gasteiger partial charge in [-0.2, -0.15) is 0 Å². The second-order valence-electron chi connectivity index (χ2n) is 5.67. The molecule has 3 rings (SSSR count). The van der Waals surface area contributed by atoms with E-state index in [4.69, 9.17) is 4.74 Å². The third-order valence-electron chi connectivity index (χ3n) is 4.64. The lowest BCUT2D eigenvalue weighted by Gasteiger charge is -2.21. The molecule has 0 aromatic heterocycles. The Kier molecular flexibility index (Phi) is 2.53. The monoisotopic (exact) mass is 194 g/mol. The van der Waals surface area contributed by atoms with Crippen LogP contribution < -0.4 is 0 Å². The third kappa shape index (κ3) is 1.98. The van der Waals surface area contributed by atoms with Crippen molar-refractivity contribution in [2.75, 3.05) is 6.61 Å². The van der Waals surface area contributed by atoms with Gasteiger partial charge < -0.3 is 4.74 Å². The fourth-order valence-electron chi connectivity index (χ4n) is 3.74. The molecule has 2 aliphatic carbocycles. The van der Waals surface area contributed by atoms with Gasteiger partial charge in [0.2, 0.25) is 0 Å². The summed E-state index contributed by atoms with van der Waals surface area (Å²) in [5, 5.41) is 0. The summed E-state index contributed by atoms with van der Waals surface area (Å²) in [4.78, 5) is 0. The van der Waals surface area contributed by atoms with E-state index in [1.54, 1.807) is 25.7 Å². The summed E-state index contributed by atoms with van der Waals surface area (Å²) < 4.78 is 5.23. The zero-order valence-corrected chi connectivity index (χ0v) is 9.08. The van der Waals surface area contributed by atoms with E-state index in [1.165, 1.54) is 25.7 Å². The lowest BCUT2D eigenvalue weighted by molar-refractivity contribution is 0.301. The van der Waals surface area contributed by atoms with Crippen LogP contribution in [0.15, 0.2) is 0 Å². The number of fused-ring (bicyclic) bond motifs is 2. The van der Waals surface area contributed by atoms with Gasteiger partial charge in [0.15, 0.2) is 0 Å². The fraction of sp³-hybridized carbons (Fsp3) is 1.00. The highest BCUT2D eigenvalue weighted by molar-refractivity contribution is 4.89. The Hall–Kier alpha value is -0.0400. The summed E-state index contributed by atoms with van der Waals surface area (Å²) in [5.74, 6) is 3.39. The lowest BCUT2D eigenvalue weighted by atomic mass is 9.85. The number of unbranched alkanes of at least 4 members (excludes halogenated alkanes) is 1. The Bertz CT molecular complexity index is 197. The van der Waals surface area contributed by atoms with Gasteiger partial charge in [-0.05, 0) is 43.4 Å². The van der Waals surface area contributed by atoms with E-state index >= 15 is 0 Å². The molecule has 0 aromatic rings. The van der Waals surface area contributed by atoms with Gasteiger partial charge in [-0.25, -0.2) is 0 Å². The molecular formula is C13H22O. The van der Waals surface area contributed by atoms with Gasteiger partial charge in [0.1, 0.15) is 0 Å². The minimum Gasteiger partial charge on any atom is -0.373 e. The smallest absolute Gasteiger partial charge is 0.0810 e. The van der Waals surface area contributed by atoms with E-state index in [0.717, 1.165) is 24.4 Å². The fourth-order valence-corrected chi connectivity index (χ4v) is 3.74. The van der Waals surface area contributed by atoms with Crippen LogP contribution in [0.4, 0.5) is 0 Å². The summed E-state index contributed by atoms with van der Waals surface area (Å²) in [6.45, 7) is 1.05. The molecule has 1 nitrogen and oxygen atoms in total. The molecule has 1 heteroatoms. The maximum Gasteiger partial charge on any atom is 0.0810 e. The van der Waals surface area contributed by atoms with Crippen LogP contribution in [-0.4, -0.2) is 12.7 Å². The van der Waals surface area contributed by atoms with Crippen LogP contribution in [-0.2, 0) is 4.74 Å². The summed E-state index contributed by atoms with van der Waals surface area (Å²) in [5.41, 5.74) is 0. The summed E-state index contributed by atoms with van der Waals surface area (Å²) in [6, 6.07) is 0. The molecule has 2 bridgehead atoms. The number of hydrogen-bond acceptors (Lipinski definition) is 1. The zero-order chi connectivity index (χ0) is 9.38. The van der Waals surface area contributed by atoms with E-state index in [0.29, 0.717) is 6.10 Å². The number of hydrogen-bond donors (Lipinski definition) is 0. The molecule has 14 heavy (non-hydrogen) atoms. The first-order valence-electron chi connectivity index (χ1n) is 6.53. The Morgan fingerprint density at radius 3 is 2.50 bits per heavy atom. The van der Waals surface area contributed by atoms with Crippen LogP contribution in [0, 0.1) is 17.8 Å². The van der Waals surface area contributed by atoms with Crippen molar-refractivity contribution < 1.29 is 4.74 Å². The minimum atomic E-state index is 0.662. The molecule has 0 radical (unpaired) electrons. The Labute approximate surface area is 87.2 Å². The Morgan fingerprint density at radius 1 is 1.00 bits per heavy atom. The predicted molar refractivity (Wildman–Crippen MR) is 57.1 cm³/mol. The Balaban J connectivity index is 1.32. The highest BCUT2D eigenvalue weighted by Gasteiger charge is 2.38. The van der Waals surface area contributed by atoms with Gasteiger partial charge in [-0.1, -0.05) is 25.7 Å². The SMILES string of the molecule is C(CCC1CC2CCC1C2)CC1CO1. The van der Waals surface area contributed by atoms with Crippen molar-refractivity contribution in [1.29, 1.82) is 0 Å². The first-order chi connectivity index (χ1) is 6.92. The molecule has 4 unspecified atom stereocenters. The zero-order valence-electron chi connectivity index (χ0n) is 9.08. The third-order valence-corrected chi connectivity index (χ3v) is 4.64. The molecule has 1 saturated heterocycles. The average Bonchev–Trinajstić information content (AvgIpc) is 2.79. The summed E-state index contributed by atoms with van der Waals surface area (Å²) in [6.07, 6.45) is 12.7. The van der Waals surface area contributed by atoms with Gasteiger partial charge >= 0.3 is 0 Å². The maximum atomic E-state index is 5.23. The van der Waals surface area contributed by atoms with Crippen molar-refractivity contribution in [2.45, 2.75) is 57.5 Å². The van der Waals surface area contributed by atoms with Crippen LogP contribution in [0.2, 0.25) is 0 Å². The molecule has 0 N–H and O–H groups in total. The molecule has 0 spiro atoms. The predicted octanol–water partition coefficient (Wildman–Crippen LogP) is 3.38. The molecule has 1 heterocycles. The highest BCUT2D eigenvalue weighted by atomic mass is 16.6. The quantitative estimate of drug-likeness (QED) is 0.483. The molecule has 3 fully saturated rings. The average molecular weight is 194 g/mol. The maximum absolute atomic E-state index is 5.23.